The van der Waals surface area contributed by atoms with Crippen molar-refractivity contribution in [2.24, 2.45) is 0 Å². The molecule has 0 fully saturated rings. The summed E-state index contributed by atoms with van der Waals surface area (Å²) < 4.78 is 12.8. The topological polar surface area (TPSA) is 65.4 Å². The van der Waals surface area contributed by atoms with Gasteiger partial charge >= 0.3 is 0 Å². The Bertz CT molecular complexity index is 1260. The minimum atomic E-state index is -0.162. The van der Waals surface area contributed by atoms with Crippen LogP contribution in [0.25, 0.3) is 16.9 Å². The number of hydrogen-bond acceptors (Lipinski definition) is 5. The number of rotatable bonds is 9. The Hall–Kier alpha value is -3.42. The van der Waals surface area contributed by atoms with Crippen LogP contribution in [0.4, 0.5) is 5.69 Å². The molecule has 0 aliphatic rings. The molecule has 34 heavy (non-hydrogen) atoms. The number of nitrogens with one attached hydrogen (secondary N) is 1. The highest BCUT2D eigenvalue weighted by molar-refractivity contribution is 7.99. The van der Waals surface area contributed by atoms with E-state index in [-0.39, 0.29) is 11.7 Å². The van der Waals surface area contributed by atoms with Gasteiger partial charge in [0.1, 0.15) is 11.5 Å². The minimum Gasteiger partial charge on any atom is -0.497 e. The van der Waals surface area contributed by atoms with Crippen molar-refractivity contribution < 1.29 is 14.3 Å². The second-order valence-electron chi connectivity index (χ2n) is 7.25. The predicted octanol–water partition coefficient (Wildman–Crippen LogP) is 6.33. The van der Waals surface area contributed by atoms with Crippen LogP contribution in [0.3, 0.4) is 0 Å². The maximum Gasteiger partial charge on any atom is 0.234 e. The van der Waals surface area contributed by atoms with Gasteiger partial charge in [0, 0.05) is 17.4 Å². The summed E-state index contributed by atoms with van der Waals surface area (Å²) in [7, 11) is 1.63. The Balaban J connectivity index is 1.58. The fourth-order valence-electron chi connectivity index (χ4n) is 3.30. The van der Waals surface area contributed by atoms with Crippen molar-refractivity contribution in [3.8, 4) is 28.4 Å². The summed E-state index contributed by atoms with van der Waals surface area (Å²) in [6.07, 6.45) is 1.96. The summed E-state index contributed by atoms with van der Waals surface area (Å²) in [5.41, 5.74) is 3.26. The normalized spacial score (nSPS) is 10.7. The lowest BCUT2D eigenvalue weighted by atomic mass is 10.1. The first kappa shape index (κ1) is 23.7. The molecule has 0 unspecified atom stereocenters. The number of hydrogen-bond donors (Lipinski definition) is 1. The number of para-hydroxylation sites is 1. The highest BCUT2D eigenvalue weighted by atomic mass is 35.5. The Labute approximate surface area is 207 Å². The van der Waals surface area contributed by atoms with Gasteiger partial charge in [0.2, 0.25) is 5.91 Å². The van der Waals surface area contributed by atoms with Crippen molar-refractivity contribution >= 4 is 35.0 Å². The molecule has 4 aromatic rings. The van der Waals surface area contributed by atoms with E-state index in [1.165, 1.54) is 11.8 Å². The molecule has 0 atom stereocenters. The zero-order chi connectivity index (χ0) is 23.9. The van der Waals surface area contributed by atoms with E-state index in [2.05, 4.69) is 5.32 Å². The number of carbonyl (C=O) groups excluding carboxylic acids is 1. The maximum atomic E-state index is 12.6. The summed E-state index contributed by atoms with van der Waals surface area (Å²) >= 11 is 7.51. The number of benzene rings is 3. The van der Waals surface area contributed by atoms with E-state index in [9.17, 15) is 4.79 Å². The molecule has 174 valence electrons. The molecule has 3 aromatic carbocycles. The van der Waals surface area contributed by atoms with Crippen LogP contribution in [-0.4, -0.2) is 34.9 Å². The Kier molecular flexibility index (Phi) is 7.77. The van der Waals surface area contributed by atoms with E-state index in [0.717, 1.165) is 28.4 Å². The first-order valence-corrected chi connectivity index (χ1v) is 12.1. The number of carbonyl (C=O) groups is 1. The molecule has 0 spiro atoms. The van der Waals surface area contributed by atoms with E-state index in [1.807, 2.05) is 78.4 Å². The van der Waals surface area contributed by atoms with E-state index in [4.69, 9.17) is 26.1 Å². The third-order valence-corrected chi connectivity index (χ3v) is 6.25. The van der Waals surface area contributed by atoms with E-state index >= 15 is 0 Å². The number of nitrogens with zero attached hydrogens (tertiary/aromatic N) is 2. The lowest BCUT2D eigenvalue weighted by Gasteiger charge is -2.09. The molecular formula is C26H24ClN3O3S. The van der Waals surface area contributed by atoms with Gasteiger partial charge in [-0.15, -0.1) is 0 Å². The van der Waals surface area contributed by atoms with Gasteiger partial charge in [-0.05, 0) is 67.6 Å². The molecular weight excluding hydrogens is 470 g/mol. The van der Waals surface area contributed by atoms with Gasteiger partial charge in [0.15, 0.2) is 5.16 Å². The molecule has 4 rings (SSSR count). The van der Waals surface area contributed by atoms with E-state index < -0.39 is 0 Å². The predicted molar refractivity (Wildman–Crippen MR) is 138 cm³/mol. The summed E-state index contributed by atoms with van der Waals surface area (Å²) in [4.78, 5) is 17.4. The van der Waals surface area contributed by atoms with Crippen molar-refractivity contribution in [1.82, 2.24) is 9.55 Å². The second kappa shape index (κ2) is 11.1. The second-order valence-corrected chi connectivity index (χ2v) is 8.60. The molecule has 0 aliphatic carbocycles. The van der Waals surface area contributed by atoms with Crippen LogP contribution in [0, 0.1) is 0 Å². The van der Waals surface area contributed by atoms with Gasteiger partial charge in [-0.3, -0.25) is 9.36 Å². The van der Waals surface area contributed by atoms with Crippen LogP contribution in [0.1, 0.15) is 6.92 Å². The van der Waals surface area contributed by atoms with E-state index in [0.29, 0.717) is 22.5 Å². The first-order chi connectivity index (χ1) is 16.6. The minimum absolute atomic E-state index is 0.162. The molecule has 8 heteroatoms. The molecule has 1 amide bonds. The molecule has 1 heterocycles. The maximum absolute atomic E-state index is 12.6. The highest BCUT2D eigenvalue weighted by Crippen LogP contribution is 2.29. The Morgan fingerprint density at radius 1 is 1.03 bits per heavy atom. The van der Waals surface area contributed by atoms with Crippen molar-refractivity contribution in [2.45, 2.75) is 12.1 Å². The molecule has 0 radical (unpaired) electrons. The van der Waals surface area contributed by atoms with Gasteiger partial charge in [0.05, 0.1) is 35.9 Å². The van der Waals surface area contributed by atoms with E-state index in [1.54, 1.807) is 19.2 Å². The fraction of sp³-hybridized carbons (Fsp3) is 0.154. The first-order valence-electron chi connectivity index (χ1n) is 10.7. The number of thioether (sulfide) groups is 1. The zero-order valence-corrected chi connectivity index (χ0v) is 20.4. The number of halogens is 1. The zero-order valence-electron chi connectivity index (χ0n) is 18.8. The smallest absolute Gasteiger partial charge is 0.234 e. The molecule has 0 aliphatic heterocycles. The van der Waals surface area contributed by atoms with Crippen LogP contribution in [0.2, 0.25) is 5.02 Å². The molecule has 1 aromatic heterocycles. The molecule has 6 nitrogen and oxygen atoms in total. The largest absolute Gasteiger partial charge is 0.497 e. The average Bonchev–Trinajstić information content (AvgIpc) is 3.29. The van der Waals surface area contributed by atoms with Gasteiger partial charge in [-0.2, -0.15) is 0 Å². The molecule has 1 N–H and O–H groups in total. The van der Waals surface area contributed by atoms with Crippen molar-refractivity contribution in [3.63, 3.8) is 0 Å². The number of amides is 1. The van der Waals surface area contributed by atoms with Crippen LogP contribution < -0.4 is 14.8 Å². The number of anilines is 1. The third kappa shape index (κ3) is 5.73. The van der Waals surface area contributed by atoms with Crippen LogP contribution in [0.5, 0.6) is 11.5 Å². The highest BCUT2D eigenvalue weighted by Gasteiger charge is 2.15. The summed E-state index contributed by atoms with van der Waals surface area (Å²) in [6, 6.07) is 22.7. The third-order valence-electron chi connectivity index (χ3n) is 4.97. The number of methoxy groups -OCH3 is 1. The quantitative estimate of drug-likeness (QED) is 0.276. The number of ether oxygens (including phenoxy) is 2. The lowest BCUT2D eigenvalue weighted by molar-refractivity contribution is -0.113. The summed E-state index contributed by atoms with van der Waals surface area (Å²) in [5, 5.41) is 4.05. The van der Waals surface area contributed by atoms with Gasteiger partial charge in [-0.1, -0.05) is 35.5 Å². The molecule has 0 bridgehead atoms. The fourth-order valence-corrected chi connectivity index (χ4v) is 4.27. The van der Waals surface area contributed by atoms with Crippen molar-refractivity contribution in [3.05, 3.63) is 84.0 Å². The van der Waals surface area contributed by atoms with Crippen LogP contribution in [0.15, 0.2) is 84.1 Å². The monoisotopic (exact) mass is 493 g/mol. The summed E-state index contributed by atoms with van der Waals surface area (Å²) in [5.74, 6) is 1.60. The number of imidazole rings is 1. The van der Waals surface area contributed by atoms with Crippen LogP contribution >= 0.6 is 23.4 Å². The SMILES string of the molecule is CCOc1ccc(-c2cn(-c3ccc(OC)cc3)c(SCC(=O)Nc3ccccc3Cl)n2)cc1. The molecule has 0 saturated carbocycles. The Morgan fingerprint density at radius 3 is 2.41 bits per heavy atom. The standard InChI is InChI=1S/C26H24ClN3O3S/c1-3-33-21-12-8-18(9-13-21)24-16-30(19-10-14-20(32-2)15-11-19)26(29-24)34-17-25(31)28-23-7-5-4-6-22(23)27/h4-16H,3,17H2,1-2H3,(H,28,31). The van der Waals surface area contributed by atoms with Gasteiger partial charge in [0.25, 0.3) is 0 Å². The van der Waals surface area contributed by atoms with Gasteiger partial charge in [-0.25, -0.2) is 4.98 Å². The average molecular weight is 494 g/mol. The summed E-state index contributed by atoms with van der Waals surface area (Å²) in [6.45, 7) is 2.57. The van der Waals surface area contributed by atoms with Gasteiger partial charge < -0.3 is 14.8 Å². The lowest BCUT2D eigenvalue weighted by Crippen LogP contribution is -2.14. The van der Waals surface area contributed by atoms with Crippen molar-refractivity contribution in [1.29, 1.82) is 0 Å². The van der Waals surface area contributed by atoms with Crippen molar-refractivity contribution in [2.75, 3.05) is 24.8 Å². The Morgan fingerprint density at radius 2 is 1.74 bits per heavy atom. The van der Waals surface area contributed by atoms with Crippen LogP contribution in [-0.2, 0) is 4.79 Å². The number of aromatic nitrogens is 2. The molecule has 0 saturated heterocycles.